The van der Waals surface area contributed by atoms with E-state index >= 15 is 0 Å². The summed E-state index contributed by atoms with van der Waals surface area (Å²) in [4.78, 5) is 4.20. The number of hydrogen-bond donors (Lipinski definition) is 2. The molecule has 0 unspecified atom stereocenters. The third kappa shape index (κ3) is 2.23. The fraction of sp³-hybridized carbons (Fsp3) is 0.0833. The molecule has 82 valence electrons. The van der Waals surface area contributed by atoms with Gasteiger partial charge in [-0.05, 0) is 36.4 Å². The van der Waals surface area contributed by atoms with Crippen molar-refractivity contribution in [3.05, 3.63) is 42.6 Å². The number of ether oxygens (including phenoxy) is 1. The van der Waals surface area contributed by atoms with Gasteiger partial charge in [-0.2, -0.15) is 0 Å². The first-order valence-electron chi connectivity index (χ1n) is 4.91. The Morgan fingerprint density at radius 3 is 2.62 bits per heavy atom. The molecule has 0 saturated carbocycles. The van der Waals surface area contributed by atoms with Gasteiger partial charge in [0.15, 0.2) is 11.6 Å². The van der Waals surface area contributed by atoms with Crippen molar-refractivity contribution >= 4 is 17.2 Å². The second kappa shape index (κ2) is 4.53. The number of aromatic nitrogens is 1. The summed E-state index contributed by atoms with van der Waals surface area (Å²) in [5.41, 5.74) is 7.27. The number of nitrogens with zero attached hydrogens (tertiary/aromatic N) is 1. The van der Waals surface area contributed by atoms with Crippen LogP contribution in [-0.2, 0) is 0 Å². The summed E-state index contributed by atoms with van der Waals surface area (Å²) in [5.74, 6) is 1.40. The van der Waals surface area contributed by atoms with Crippen molar-refractivity contribution in [3.63, 3.8) is 0 Å². The minimum absolute atomic E-state index is 0.690. The van der Waals surface area contributed by atoms with Crippen LogP contribution in [0, 0.1) is 0 Å². The Kier molecular flexibility index (Phi) is 2.91. The monoisotopic (exact) mass is 215 g/mol. The van der Waals surface area contributed by atoms with Gasteiger partial charge in [0.2, 0.25) is 0 Å². The Hall–Kier alpha value is -2.23. The molecule has 1 aromatic carbocycles. The van der Waals surface area contributed by atoms with E-state index in [4.69, 9.17) is 10.5 Å². The predicted molar refractivity (Wildman–Crippen MR) is 64.9 cm³/mol. The third-order valence-electron chi connectivity index (χ3n) is 2.16. The standard InChI is InChI=1S/C12H13N3O/c1-16-11-3-2-8-14-12(11)15-10-6-4-9(13)5-7-10/h2-8H,13H2,1H3,(H,14,15). The van der Waals surface area contributed by atoms with Gasteiger partial charge in [-0.15, -0.1) is 0 Å². The topological polar surface area (TPSA) is 60.2 Å². The summed E-state index contributed by atoms with van der Waals surface area (Å²) in [5, 5.41) is 3.16. The summed E-state index contributed by atoms with van der Waals surface area (Å²) in [6.07, 6.45) is 1.71. The molecule has 0 aliphatic heterocycles. The number of hydrogen-bond acceptors (Lipinski definition) is 4. The largest absolute Gasteiger partial charge is 0.493 e. The Morgan fingerprint density at radius 2 is 1.94 bits per heavy atom. The summed E-state index contributed by atoms with van der Waals surface area (Å²) in [7, 11) is 1.62. The average Bonchev–Trinajstić information content (AvgIpc) is 2.33. The number of methoxy groups -OCH3 is 1. The highest BCUT2D eigenvalue weighted by Crippen LogP contribution is 2.24. The van der Waals surface area contributed by atoms with Gasteiger partial charge in [0.05, 0.1) is 7.11 Å². The molecule has 0 bridgehead atoms. The van der Waals surface area contributed by atoms with E-state index in [-0.39, 0.29) is 0 Å². The number of rotatable bonds is 3. The van der Waals surface area contributed by atoms with Crippen molar-refractivity contribution in [1.29, 1.82) is 0 Å². The quantitative estimate of drug-likeness (QED) is 0.772. The maximum absolute atomic E-state index is 5.61. The Morgan fingerprint density at radius 1 is 1.19 bits per heavy atom. The lowest BCUT2D eigenvalue weighted by molar-refractivity contribution is 0.415. The number of pyridine rings is 1. The molecule has 0 aliphatic rings. The minimum Gasteiger partial charge on any atom is -0.493 e. The van der Waals surface area contributed by atoms with Gasteiger partial charge in [-0.3, -0.25) is 0 Å². The van der Waals surface area contributed by atoms with Crippen molar-refractivity contribution in [2.45, 2.75) is 0 Å². The van der Waals surface area contributed by atoms with E-state index < -0.39 is 0 Å². The van der Waals surface area contributed by atoms with Crippen LogP contribution in [0.4, 0.5) is 17.2 Å². The van der Waals surface area contributed by atoms with E-state index in [1.165, 1.54) is 0 Å². The molecular weight excluding hydrogens is 202 g/mol. The molecule has 4 heteroatoms. The molecule has 4 nitrogen and oxygen atoms in total. The molecule has 0 amide bonds. The van der Waals surface area contributed by atoms with Gasteiger partial charge in [-0.1, -0.05) is 0 Å². The van der Waals surface area contributed by atoms with Gasteiger partial charge in [0.25, 0.3) is 0 Å². The van der Waals surface area contributed by atoms with Crippen LogP contribution in [-0.4, -0.2) is 12.1 Å². The molecule has 0 spiro atoms. The number of nitrogens with one attached hydrogen (secondary N) is 1. The second-order valence-corrected chi connectivity index (χ2v) is 3.30. The Balaban J connectivity index is 2.23. The minimum atomic E-state index is 0.690. The molecule has 2 rings (SSSR count). The van der Waals surface area contributed by atoms with Crippen molar-refractivity contribution in [2.75, 3.05) is 18.2 Å². The summed E-state index contributed by atoms with van der Waals surface area (Å²) >= 11 is 0. The highest BCUT2D eigenvalue weighted by atomic mass is 16.5. The van der Waals surface area contributed by atoms with Crippen LogP contribution in [0.3, 0.4) is 0 Å². The molecule has 16 heavy (non-hydrogen) atoms. The van der Waals surface area contributed by atoms with E-state index in [2.05, 4.69) is 10.3 Å². The normalized spacial score (nSPS) is 9.81. The lowest BCUT2D eigenvalue weighted by atomic mass is 10.3. The molecule has 3 N–H and O–H groups in total. The second-order valence-electron chi connectivity index (χ2n) is 3.30. The zero-order valence-electron chi connectivity index (χ0n) is 8.97. The van der Waals surface area contributed by atoms with E-state index in [9.17, 15) is 0 Å². The lowest BCUT2D eigenvalue weighted by Crippen LogP contribution is -1.97. The first kappa shape index (κ1) is 10.3. The zero-order chi connectivity index (χ0) is 11.4. The predicted octanol–water partition coefficient (Wildman–Crippen LogP) is 2.42. The maximum Gasteiger partial charge on any atom is 0.173 e. The molecule has 0 saturated heterocycles. The first-order valence-corrected chi connectivity index (χ1v) is 4.91. The average molecular weight is 215 g/mol. The maximum atomic E-state index is 5.61. The van der Waals surface area contributed by atoms with Crippen molar-refractivity contribution in [3.8, 4) is 5.75 Å². The Labute approximate surface area is 94.1 Å². The molecule has 2 aromatic rings. The van der Waals surface area contributed by atoms with Gasteiger partial charge in [0, 0.05) is 17.6 Å². The number of nitrogen functional groups attached to an aromatic ring is 1. The SMILES string of the molecule is COc1cccnc1Nc1ccc(N)cc1. The Bertz CT molecular complexity index is 468. The highest BCUT2D eigenvalue weighted by molar-refractivity contribution is 5.63. The van der Waals surface area contributed by atoms with Crippen LogP contribution in [0.5, 0.6) is 5.75 Å². The van der Waals surface area contributed by atoms with Gasteiger partial charge in [0.1, 0.15) is 0 Å². The summed E-state index contributed by atoms with van der Waals surface area (Å²) in [6, 6.07) is 11.1. The number of nitrogens with two attached hydrogens (primary N) is 1. The van der Waals surface area contributed by atoms with Crippen LogP contribution in [0.25, 0.3) is 0 Å². The number of benzene rings is 1. The highest BCUT2D eigenvalue weighted by Gasteiger charge is 2.02. The van der Waals surface area contributed by atoms with Gasteiger partial charge in [-0.25, -0.2) is 4.98 Å². The van der Waals surface area contributed by atoms with Crippen molar-refractivity contribution in [2.24, 2.45) is 0 Å². The van der Waals surface area contributed by atoms with Crippen LogP contribution in [0.1, 0.15) is 0 Å². The molecule has 0 fully saturated rings. The summed E-state index contributed by atoms with van der Waals surface area (Å²) in [6.45, 7) is 0. The molecule has 0 aliphatic carbocycles. The van der Waals surface area contributed by atoms with E-state index in [1.54, 1.807) is 13.3 Å². The fourth-order valence-corrected chi connectivity index (χ4v) is 1.35. The van der Waals surface area contributed by atoms with Crippen LogP contribution < -0.4 is 15.8 Å². The third-order valence-corrected chi connectivity index (χ3v) is 2.16. The van der Waals surface area contributed by atoms with Crippen LogP contribution in [0.2, 0.25) is 0 Å². The first-order chi connectivity index (χ1) is 7.79. The van der Waals surface area contributed by atoms with Gasteiger partial charge >= 0.3 is 0 Å². The molecule has 1 heterocycles. The zero-order valence-corrected chi connectivity index (χ0v) is 8.97. The summed E-state index contributed by atoms with van der Waals surface area (Å²) < 4.78 is 5.19. The van der Waals surface area contributed by atoms with Crippen LogP contribution in [0.15, 0.2) is 42.6 Å². The number of anilines is 3. The van der Waals surface area contributed by atoms with E-state index in [0.717, 1.165) is 11.4 Å². The molecule has 1 aromatic heterocycles. The van der Waals surface area contributed by atoms with E-state index in [0.29, 0.717) is 11.6 Å². The van der Waals surface area contributed by atoms with Gasteiger partial charge < -0.3 is 15.8 Å². The molecular formula is C12H13N3O. The molecule has 0 radical (unpaired) electrons. The van der Waals surface area contributed by atoms with Crippen molar-refractivity contribution < 1.29 is 4.74 Å². The van der Waals surface area contributed by atoms with Crippen molar-refractivity contribution in [1.82, 2.24) is 4.98 Å². The molecule has 0 atom stereocenters. The van der Waals surface area contributed by atoms with Crippen LogP contribution >= 0.6 is 0 Å². The van der Waals surface area contributed by atoms with E-state index in [1.807, 2.05) is 36.4 Å². The fourth-order valence-electron chi connectivity index (χ4n) is 1.35. The lowest BCUT2D eigenvalue weighted by Gasteiger charge is -2.09. The smallest absolute Gasteiger partial charge is 0.173 e.